The Bertz CT molecular complexity index is 749. The summed E-state index contributed by atoms with van der Waals surface area (Å²) in [5.41, 5.74) is 0.817. The van der Waals surface area contributed by atoms with Crippen LogP contribution in [-0.2, 0) is 4.79 Å². The lowest BCUT2D eigenvalue weighted by molar-refractivity contribution is -0.131. The summed E-state index contributed by atoms with van der Waals surface area (Å²) in [6, 6.07) is 2.82. The monoisotopic (exact) mass is 504 g/mol. The second-order valence-electron chi connectivity index (χ2n) is 9.27. The highest BCUT2D eigenvalue weighted by Gasteiger charge is 2.28. The zero-order valence-electron chi connectivity index (χ0n) is 20.7. The topological polar surface area (TPSA) is 23.6 Å². The van der Waals surface area contributed by atoms with Crippen molar-refractivity contribution in [2.75, 3.05) is 36.8 Å². The van der Waals surface area contributed by atoms with Crippen molar-refractivity contribution in [1.29, 1.82) is 0 Å². The van der Waals surface area contributed by atoms with E-state index in [2.05, 4.69) is 6.92 Å². The van der Waals surface area contributed by atoms with E-state index < -0.39 is 17.7 Å². The maximum absolute atomic E-state index is 14.6. The van der Waals surface area contributed by atoms with Gasteiger partial charge in [0.05, 0.1) is 11.4 Å². The highest BCUT2D eigenvalue weighted by Crippen LogP contribution is 2.34. The van der Waals surface area contributed by atoms with Gasteiger partial charge in [0, 0.05) is 37.5 Å². The number of hydrogen-bond donors (Lipinski definition) is 0. The summed E-state index contributed by atoms with van der Waals surface area (Å²) in [6.45, 7) is 5.82. The van der Waals surface area contributed by atoms with Crippen LogP contribution in [-0.4, -0.2) is 48.9 Å². The third kappa shape index (κ3) is 10.4. The number of unbranched alkanes of at least 4 members (excludes halogenated alkanes) is 9. The number of rotatable bonds is 14. The Balaban J connectivity index is 1.70. The molecular weight excluding hydrogens is 464 g/mol. The van der Waals surface area contributed by atoms with E-state index in [1.165, 1.54) is 63.5 Å². The van der Waals surface area contributed by atoms with Gasteiger partial charge in [0.25, 0.3) is 0 Å². The van der Waals surface area contributed by atoms with Crippen LogP contribution in [0.5, 0.6) is 0 Å². The molecule has 0 unspecified atom stereocenters. The molecule has 1 aromatic carbocycles. The molecule has 1 aromatic rings. The molecule has 34 heavy (non-hydrogen) atoms. The van der Waals surface area contributed by atoms with Crippen LogP contribution in [0.4, 0.5) is 23.2 Å². The molecule has 1 amide bonds. The first-order chi connectivity index (χ1) is 16.2. The fourth-order valence-electron chi connectivity index (χ4n) is 4.32. The lowest BCUT2D eigenvalue weighted by Gasteiger charge is -2.36. The van der Waals surface area contributed by atoms with Crippen LogP contribution in [0.1, 0.15) is 83.1 Å². The number of alkyl halides is 3. The van der Waals surface area contributed by atoms with Crippen molar-refractivity contribution in [2.24, 2.45) is 0 Å². The Kier molecular flexibility index (Phi) is 12.6. The predicted molar refractivity (Wildman–Crippen MR) is 133 cm³/mol. The SMILES string of the molecule is CCCCCCCCCCCCC(=O)N1CCN(c2cc(SCC(F)(F)F)c(C)cc2F)CC1. The number of carbonyl (C=O) groups is 1. The normalized spacial score (nSPS) is 14.6. The lowest BCUT2D eigenvalue weighted by Crippen LogP contribution is -2.49. The van der Waals surface area contributed by atoms with Crippen molar-refractivity contribution in [3.05, 3.63) is 23.5 Å². The third-order valence-electron chi connectivity index (χ3n) is 6.35. The van der Waals surface area contributed by atoms with E-state index in [4.69, 9.17) is 0 Å². The van der Waals surface area contributed by atoms with Gasteiger partial charge < -0.3 is 9.80 Å². The fourth-order valence-corrected chi connectivity index (χ4v) is 5.12. The van der Waals surface area contributed by atoms with E-state index >= 15 is 0 Å². The maximum Gasteiger partial charge on any atom is 0.398 e. The van der Waals surface area contributed by atoms with E-state index in [-0.39, 0.29) is 5.91 Å². The molecule has 2 rings (SSSR count). The van der Waals surface area contributed by atoms with E-state index in [9.17, 15) is 22.4 Å². The van der Waals surface area contributed by atoms with Gasteiger partial charge in [0.2, 0.25) is 5.91 Å². The zero-order valence-corrected chi connectivity index (χ0v) is 21.5. The molecule has 3 nitrogen and oxygen atoms in total. The largest absolute Gasteiger partial charge is 0.398 e. The first kappa shape index (κ1) is 28.8. The highest BCUT2D eigenvalue weighted by atomic mass is 32.2. The third-order valence-corrected chi connectivity index (χ3v) is 7.58. The second kappa shape index (κ2) is 14.8. The first-order valence-electron chi connectivity index (χ1n) is 12.7. The summed E-state index contributed by atoms with van der Waals surface area (Å²) in [6.07, 6.45) is 8.55. The highest BCUT2D eigenvalue weighted by molar-refractivity contribution is 7.99. The molecule has 8 heteroatoms. The van der Waals surface area contributed by atoms with Crippen LogP contribution in [0.25, 0.3) is 0 Å². The summed E-state index contributed by atoms with van der Waals surface area (Å²) in [5, 5.41) is 0. The average Bonchev–Trinajstić information content (AvgIpc) is 2.79. The van der Waals surface area contributed by atoms with Crippen LogP contribution in [0, 0.1) is 12.7 Å². The molecule has 1 saturated heterocycles. The first-order valence-corrected chi connectivity index (χ1v) is 13.7. The quantitative estimate of drug-likeness (QED) is 0.147. The molecule has 0 spiro atoms. The Morgan fingerprint density at radius 1 is 0.912 bits per heavy atom. The number of anilines is 1. The summed E-state index contributed by atoms with van der Waals surface area (Å²) in [4.78, 5) is 16.6. The number of thioether (sulfide) groups is 1. The molecule has 1 aliphatic heterocycles. The van der Waals surface area contributed by atoms with Gasteiger partial charge in [-0.3, -0.25) is 4.79 Å². The van der Waals surface area contributed by atoms with Crippen molar-refractivity contribution in [3.8, 4) is 0 Å². The van der Waals surface area contributed by atoms with Crippen LogP contribution in [0.3, 0.4) is 0 Å². The standard InChI is InChI=1S/C26H40F4N2OS/c1-3-4-5-6-7-8-9-10-11-12-13-25(33)32-16-14-31(15-17-32)23-19-24(21(2)18-22(23)27)34-20-26(28,29)30/h18-19H,3-17,20H2,1-2H3. The number of benzene rings is 1. The minimum Gasteiger partial charge on any atom is -0.366 e. The van der Waals surface area contributed by atoms with Crippen LogP contribution >= 0.6 is 11.8 Å². The van der Waals surface area contributed by atoms with Gasteiger partial charge in [0.1, 0.15) is 5.82 Å². The Hall–Kier alpha value is -1.44. The van der Waals surface area contributed by atoms with Crippen molar-refractivity contribution in [1.82, 2.24) is 4.90 Å². The zero-order chi connectivity index (χ0) is 25.0. The number of carbonyl (C=O) groups excluding carboxylic acids is 1. The molecule has 0 aliphatic carbocycles. The Morgan fingerprint density at radius 3 is 2.03 bits per heavy atom. The molecule has 0 N–H and O–H groups in total. The molecule has 1 heterocycles. The summed E-state index contributed by atoms with van der Waals surface area (Å²) >= 11 is 0.684. The Labute approximate surface area is 206 Å². The van der Waals surface area contributed by atoms with Gasteiger partial charge in [-0.05, 0) is 31.0 Å². The fraction of sp³-hybridized carbons (Fsp3) is 0.731. The van der Waals surface area contributed by atoms with E-state index in [1.54, 1.807) is 6.92 Å². The van der Waals surface area contributed by atoms with Gasteiger partial charge in [-0.1, -0.05) is 64.7 Å². The van der Waals surface area contributed by atoms with Crippen molar-refractivity contribution < 1.29 is 22.4 Å². The molecular formula is C26H40F4N2OS. The molecule has 0 atom stereocenters. The van der Waals surface area contributed by atoms with Crippen LogP contribution < -0.4 is 4.90 Å². The molecule has 0 bridgehead atoms. The average molecular weight is 505 g/mol. The molecule has 1 aliphatic rings. The number of halogens is 4. The maximum atomic E-state index is 14.6. The van der Waals surface area contributed by atoms with Gasteiger partial charge >= 0.3 is 6.18 Å². The predicted octanol–water partition coefficient (Wildman–Crippen LogP) is 7.75. The van der Waals surface area contributed by atoms with Gasteiger partial charge in [-0.25, -0.2) is 4.39 Å². The number of piperazine rings is 1. The van der Waals surface area contributed by atoms with Crippen molar-refractivity contribution in [2.45, 2.75) is 95.5 Å². The van der Waals surface area contributed by atoms with Gasteiger partial charge in [-0.15, -0.1) is 11.8 Å². The van der Waals surface area contributed by atoms with Crippen molar-refractivity contribution >= 4 is 23.4 Å². The lowest BCUT2D eigenvalue weighted by atomic mass is 10.1. The molecule has 0 radical (unpaired) electrons. The van der Waals surface area contributed by atoms with Gasteiger partial charge in [-0.2, -0.15) is 13.2 Å². The molecule has 0 saturated carbocycles. The Morgan fingerprint density at radius 2 is 1.47 bits per heavy atom. The smallest absolute Gasteiger partial charge is 0.366 e. The number of hydrogen-bond acceptors (Lipinski definition) is 3. The summed E-state index contributed by atoms with van der Waals surface area (Å²) < 4.78 is 52.4. The van der Waals surface area contributed by atoms with E-state index in [0.29, 0.717) is 60.5 Å². The van der Waals surface area contributed by atoms with Crippen LogP contribution in [0.2, 0.25) is 0 Å². The van der Waals surface area contributed by atoms with Crippen LogP contribution in [0.15, 0.2) is 17.0 Å². The molecule has 1 fully saturated rings. The number of aryl methyl sites for hydroxylation is 1. The molecule has 0 aromatic heterocycles. The molecule has 194 valence electrons. The summed E-state index contributed by atoms with van der Waals surface area (Å²) in [7, 11) is 0. The van der Waals surface area contributed by atoms with E-state index in [0.717, 1.165) is 12.8 Å². The minimum absolute atomic E-state index is 0.144. The van der Waals surface area contributed by atoms with Crippen molar-refractivity contribution in [3.63, 3.8) is 0 Å². The number of nitrogens with zero attached hydrogens (tertiary/aromatic N) is 2. The van der Waals surface area contributed by atoms with Gasteiger partial charge in [0.15, 0.2) is 0 Å². The number of amides is 1. The van der Waals surface area contributed by atoms with E-state index in [1.807, 2.05) is 9.80 Å². The summed E-state index contributed by atoms with van der Waals surface area (Å²) in [5.74, 6) is -1.29. The minimum atomic E-state index is -4.27. The second-order valence-corrected chi connectivity index (χ2v) is 10.3.